The van der Waals surface area contributed by atoms with Crippen LogP contribution in [0.4, 0.5) is 0 Å². The first-order valence-corrected chi connectivity index (χ1v) is 5.95. The molecule has 4 heteroatoms. The van der Waals surface area contributed by atoms with E-state index >= 15 is 0 Å². The highest BCUT2D eigenvalue weighted by Gasteiger charge is 2.16. The molecule has 0 radical (unpaired) electrons. The Labute approximate surface area is 106 Å². The molecule has 0 fully saturated rings. The van der Waals surface area contributed by atoms with Crippen LogP contribution in [0.1, 0.15) is 22.9 Å². The molecule has 2 N–H and O–H groups in total. The second-order valence-electron chi connectivity index (χ2n) is 4.24. The van der Waals surface area contributed by atoms with Crippen LogP contribution in [-0.2, 0) is 13.5 Å². The van der Waals surface area contributed by atoms with Crippen molar-refractivity contribution in [2.45, 2.75) is 19.4 Å². The maximum atomic E-state index is 6.20. The molecule has 0 amide bonds. The molecule has 90 valence electrons. The number of halogens is 1. The van der Waals surface area contributed by atoms with Gasteiger partial charge in [0.1, 0.15) is 0 Å². The van der Waals surface area contributed by atoms with Gasteiger partial charge in [-0.1, -0.05) is 35.9 Å². The van der Waals surface area contributed by atoms with Crippen molar-refractivity contribution in [1.29, 1.82) is 0 Å². The third-order valence-electron chi connectivity index (χ3n) is 2.99. The van der Waals surface area contributed by atoms with Gasteiger partial charge >= 0.3 is 0 Å². The number of hydrogen-bond acceptors (Lipinski definition) is 2. The summed E-state index contributed by atoms with van der Waals surface area (Å²) < 4.78 is 1.74. The van der Waals surface area contributed by atoms with Crippen molar-refractivity contribution in [3.8, 4) is 0 Å². The number of nitrogens with zero attached hydrogens (tertiary/aromatic N) is 2. The fraction of sp³-hybridized carbons (Fsp3) is 0.308. The van der Waals surface area contributed by atoms with Crippen LogP contribution in [0.15, 0.2) is 30.5 Å². The van der Waals surface area contributed by atoms with Gasteiger partial charge in [0, 0.05) is 7.05 Å². The Morgan fingerprint density at radius 2 is 2.12 bits per heavy atom. The van der Waals surface area contributed by atoms with Gasteiger partial charge in [0.15, 0.2) is 0 Å². The molecule has 1 aromatic carbocycles. The number of hydrogen-bond donors (Lipinski definition) is 1. The van der Waals surface area contributed by atoms with Crippen molar-refractivity contribution in [3.05, 3.63) is 52.3 Å². The van der Waals surface area contributed by atoms with Crippen LogP contribution >= 0.6 is 11.6 Å². The SMILES string of the molecule is Cc1ccccc1CC(N)c1c(Cl)cnn1C. The van der Waals surface area contributed by atoms with Crippen LogP contribution in [0.25, 0.3) is 0 Å². The minimum absolute atomic E-state index is 0.129. The molecule has 3 nitrogen and oxygen atoms in total. The number of aromatic nitrogens is 2. The van der Waals surface area contributed by atoms with Crippen molar-refractivity contribution in [3.63, 3.8) is 0 Å². The van der Waals surface area contributed by atoms with Crippen LogP contribution in [0.2, 0.25) is 5.02 Å². The molecular formula is C13H16ClN3. The maximum absolute atomic E-state index is 6.20. The lowest BCUT2D eigenvalue weighted by Crippen LogP contribution is -2.18. The zero-order valence-electron chi connectivity index (χ0n) is 10.0. The number of benzene rings is 1. The maximum Gasteiger partial charge on any atom is 0.0834 e. The molecule has 2 aromatic rings. The summed E-state index contributed by atoms with van der Waals surface area (Å²) in [6.07, 6.45) is 2.40. The molecule has 2 rings (SSSR count). The minimum Gasteiger partial charge on any atom is -0.322 e. The van der Waals surface area contributed by atoms with Gasteiger partial charge in [-0.2, -0.15) is 5.10 Å². The summed E-state index contributed by atoms with van der Waals surface area (Å²) in [4.78, 5) is 0. The van der Waals surface area contributed by atoms with Crippen molar-refractivity contribution in [2.75, 3.05) is 0 Å². The van der Waals surface area contributed by atoms with Crippen LogP contribution < -0.4 is 5.73 Å². The van der Waals surface area contributed by atoms with E-state index in [0.29, 0.717) is 5.02 Å². The molecular weight excluding hydrogens is 234 g/mol. The highest BCUT2D eigenvalue weighted by Crippen LogP contribution is 2.24. The largest absolute Gasteiger partial charge is 0.322 e. The van der Waals surface area contributed by atoms with Gasteiger partial charge < -0.3 is 5.73 Å². The normalized spacial score (nSPS) is 12.7. The van der Waals surface area contributed by atoms with Crippen LogP contribution in [0.3, 0.4) is 0 Å². The Kier molecular flexibility index (Phi) is 3.50. The third-order valence-corrected chi connectivity index (χ3v) is 3.28. The van der Waals surface area contributed by atoms with E-state index in [1.165, 1.54) is 11.1 Å². The molecule has 0 saturated heterocycles. The Balaban J connectivity index is 2.23. The standard InChI is InChI=1S/C13H16ClN3/c1-9-5-3-4-6-10(9)7-12(15)13-11(14)8-16-17(13)2/h3-6,8,12H,7,15H2,1-2H3. The monoisotopic (exact) mass is 249 g/mol. The van der Waals surface area contributed by atoms with E-state index in [1.807, 2.05) is 19.2 Å². The van der Waals surface area contributed by atoms with E-state index < -0.39 is 0 Å². The molecule has 1 unspecified atom stereocenters. The van der Waals surface area contributed by atoms with Crippen LogP contribution in [0.5, 0.6) is 0 Å². The second kappa shape index (κ2) is 4.90. The van der Waals surface area contributed by atoms with Gasteiger partial charge in [-0.05, 0) is 24.5 Å². The van der Waals surface area contributed by atoms with E-state index in [0.717, 1.165) is 12.1 Å². The highest BCUT2D eigenvalue weighted by molar-refractivity contribution is 6.31. The lowest BCUT2D eigenvalue weighted by atomic mass is 10.00. The van der Waals surface area contributed by atoms with Crippen molar-refractivity contribution >= 4 is 11.6 Å². The van der Waals surface area contributed by atoms with Crippen molar-refractivity contribution < 1.29 is 0 Å². The zero-order valence-corrected chi connectivity index (χ0v) is 10.8. The zero-order chi connectivity index (χ0) is 12.4. The lowest BCUT2D eigenvalue weighted by Gasteiger charge is -2.14. The topological polar surface area (TPSA) is 43.8 Å². The molecule has 1 heterocycles. The first kappa shape index (κ1) is 12.1. The smallest absolute Gasteiger partial charge is 0.0834 e. The summed E-state index contributed by atoms with van der Waals surface area (Å²) in [6.45, 7) is 2.09. The Bertz CT molecular complexity index is 500. The quantitative estimate of drug-likeness (QED) is 0.909. The van der Waals surface area contributed by atoms with Gasteiger partial charge in [0.25, 0.3) is 0 Å². The predicted octanol–water partition coefficient (Wildman–Crippen LogP) is 2.62. The summed E-state index contributed by atoms with van der Waals surface area (Å²) >= 11 is 6.08. The average molecular weight is 250 g/mol. The second-order valence-corrected chi connectivity index (χ2v) is 4.65. The molecule has 0 bridgehead atoms. The van der Waals surface area contributed by atoms with Gasteiger partial charge in [-0.25, -0.2) is 0 Å². The molecule has 0 spiro atoms. The highest BCUT2D eigenvalue weighted by atomic mass is 35.5. The van der Waals surface area contributed by atoms with E-state index in [1.54, 1.807) is 10.9 Å². The Hall–Kier alpha value is -1.32. The molecule has 17 heavy (non-hydrogen) atoms. The molecule has 0 saturated carbocycles. The summed E-state index contributed by atoms with van der Waals surface area (Å²) in [5, 5.41) is 4.74. The first-order valence-electron chi connectivity index (χ1n) is 5.57. The third kappa shape index (κ3) is 2.51. The predicted molar refractivity (Wildman–Crippen MR) is 70.0 cm³/mol. The van der Waals surface area contributed by atoms with Gasteiger partial charge in [-0.3, -0.25) is 4.68 Å². The fourth-order valence-electron chi connectivity index (χ4n) is 2.01. The summed E-state index contributed by atoms with van der Waals surface area (Å²) in [7, 11) is 1.86. The number of rotatable bonds is 3. The number of nitrogens with two attached hydrogens (primary N) is 1. The van der Waals surface area contributed by atoms with E-state index in [2.05, 4.69) is 24.2 Å². The van der Waals surface area contributed by atoms with E-state index in [9.17, 15) is 0 Å². The van der Waals surface area contributed by atoms with E-state index in [-0.39, 0.29) is 6.04 Å². The van der Waals surface area contributed by atoms with Crippen molar-refractivity contribution in [2.24, 2.45) is 12.8 Å². The molecule has 0 aliphatic heterocycles. The summed E-state index contributed by atoms with van der Waals surface area (Å²) in [5.74, 6) is 0. The van der Waals surface area contributed by atoms with Crippen molar-refractivity contribution in [1.82, 2.24) is 9.78 Å². The Morgan fingerprint density at radius 1 is 1.41 bits per heavy atom. The van der Waals surface area contributed by atoms with Crippen LogP contribution in [-0.4, -0.2) is 9.78 Å². The lowest BCUT2D eigenvalue weighted by molar-refractivity contribution is 0.616. The molecule has 0 aliphatic rings. The average Bonchev–Trinajstić information content (AvgIpc) is 2.62. The van der Waals surface area contributed by atoms with Gasteiger partial charge in [-0.15, -0.1) is 0 Å². The fourth-order valence-corrected chi connectivity index (χ4v) is 2.32. The van der Waals surface area contributed by atoms with Gasteiger partial charge in [0.2, 0.25) is 0 Å². The summed E-state index contributed by atoms with van der Waals surface area (Å²) in [5.41, 5.74) is 9.58. The minimum atomic E-state index is -0.129. The van der Waals surface area contributed by atoms with Crippen LogP contribution in [0, 0.1) is 6.92 Å². The van der Waals surface area contributed by atoms with E-state index in [4.69, 9.17) is 17.3 Å². The molecule has 1 aromatic heterocycles. The molecule has 0 aliphatic carbocycles. The number of aryl methyl sites for hydroxylation is 2. The molecule has 1 atom stereocenters. The van der Waals surface area contributed by atoms with Gasteiger partial charge in [0.05, 0.1) is 23.0 Å². The Morgan fingerprint density at radius 3 is 2.71 bits per heavy atom. The summed E-state index contributed by atoms with van der Waals surface area (Å²) in [6, 6.07) is 8.12. The first-order chi connectivity index (χ1) is 8.09.